The lowest BCUT2D eigenvalue weighted by Crippen LogP contribution is -2.34. The first-order valence-corrected chi connectivity index (χ1v) is 20.5. The van der Waals surface area contributed by atoms with Crippen molar-refractivity contribution >= 4 is 33.2 Å². The second kappa shape index (κ2) is 16.8. The van der Waals surface area contributed by atoms with Crippen molar-refractivity contribution < 1.29 is 23.1 Å². The molecule has 0 fully saturated rings. The maximum absolute atomic E-state index is 13.9. The third kappa shape index (κ3) is 8.06. The summed E-state index contributed by atoms with van der Waals surface area (Å²) in [4.78, 5) is 18.0. The van der Waals surface area contributed by atoms with Crippen LogP contribution in [0.2, 0.25) is 0 Å². The van der Waals surface area contributed by atoms with E-state index in [9.17, 15) is 28.3 Å². The van der Waals surface area contributed by atoms with Gasteiger partial charge in [0.1, 0.15) is 0 Å². The molecule has 0 saturated carbocycles. The van der Waals surface area contributed by atoms with Crippen LogP contribution in [0, 0.1) is 18.3 Å². The molecular weight excluding hydrogens is 756 g/mol. The molecule has 1 atom stereocenters. The van der Waals surface area contributed by atoms with Gasteiger partial charge < -0.3 is 10.0 Å². The zero-order valence-electron chi connectivity index (χ0n) is 34.7. The zero-order chi connectivity index (χ0) is 42.8. The predicted octanol–water partition coefficient (Wildman–Crippen LogP) is 13.2. The van der Waals surface area contributed by atoms with Crippen LogP contribution in [0.3, 0.4) is 0 Å². The molecule has 4 aromatic carbocycles. The first-order chi connectivity index (χ1) is 28.7. The van der Waals surface area contributed by atoms with Crippen LogP contribution in [-0.2, 0) is 28.2 Å². The Morgan fingerprint density at radius 3 is 2.32 bits per heavy atom. The summed E-state index contributed by atoms with van der Waals surface area (Å²) < 4.78 is 41.7. The number of aryl methyl sites for hydroxylation is 1. The number of aliphatic carboxylic acids is 1. The maximum Gasteiger partial charge on any atom is 0.416 e. The molecule has 306 valence electrons. The first kappa shape index (κ1) is 41.9. The molecule has 1 aliphatic carbocycles. The Morgan fingerprint density at radius 2 is 1.68 bits per heavy atom. The molecule has 0 spiro atoms. The quantitative estimate of drug-likeness (QED) is 0.0588. The molecule has 0 radical (unpaired) electrons. The number of pyridine rings is 1. The molecule has 0 bridgehead atoms. The van der Waals surface area contributed by atoms with Gasteiger partial charge in [-0.05, 0) is 150 Å². The summed E-state index contributed by atoms with van der Waals surface area (Å²) in [7, 11) is 0. The van der Waals surface area contributed by atoms with Gasteiger partial charge in [0.15, 0.2) is 0 Å². The van der Waals surface area contributed by atoms with E-state index in [0.29, 0.717) is 28.9 Å². The molecule has 5 nitrogen and oxygen atoms in total. The van der Waals surface area contributed by atoms with Crippen molar-refractivity contribution in [1.29, 1.82) is 5.26 Å². The average molecular weight is 806 g/mol. The molecule has 8 heteroatoms. The number of hydrogen-bond donors (Lipinski definition) is 1. The van der Waals surface area contributed by atoms with Gasteiger partial charge >= 0.3 is 12.1 Å². The van der Waals surface area contributed by atoms with Gasteiger partial charge in [0.2, 0.25) is 0 Å². The standard InChI is InChI=1S/C52H50F3N3O2/c1-34(28-38(32-56)21-24-47-50(4,5)45-29-40(52(53,54)55)22-23-46(45)58(47)27-25-48(59)60)36(3)51(30-37-14-7-6-8-15-37,31-39-16-13-26-57-33-39)49-35(2)41-17-9-10-18-42(41)43-19-11-12-20-44(43)49/h9-14,16-24,26,28-29,33H,3,6-8,15,25,27,30-31H2,1-2,4-5H3,(H,59,60)/b34-28+,38-21-,47-24-. The summed E-state index contributed by atoms with van der Waals surface area (Å²) >= 11 is 0. The molecule has 2 aliphatic rings. The number of halogens is 3. The van der Waals surface area contributed by atoms with E-state index >= 15 is 0 Å². The van der Waals surface area contributed by atoms with Gasteiger partial charge in [-0.25, -0.2) is 0 Å². The van der Waals surface area contributed by atoms with Gasteiger partial charge in [-0.3, -0.25) is 9.78 Å². The van der Waals surface area contributed by atoms with Crippen molar-refractivity contribution in [2.45, 2.75) is 89.6 Å². The number of rotatable bonds is 12. The highest BCUT2D eigenvalue weighted by Crippen LogP contribution is 2.52. The fourth-order valence-electron chi connectivity index (χ4n) is 9.63. The molecule has 1 N–H and O–H groups in total. The van der Waals surface area contributed by atoms with Crippen molar-refractivity contribution in [3.05, 3.63) is 178 Å². The van der Waals surface area contributed by atoms with Crippen LogP contribution in [0.5, 0.6) is 0 Å². The number of hydrogen-bond acceptors (Lipinski definition) is 4. The van der Waals surface area contributed by atoms with E-state index in [1.807, 2.05) is 39.1 Å². The number of allylic oxidation sites excluding steroid dienone is 9. The highest BCUT2D eigenvalue weighted by molar-refractivity contribution is 6.11. The highest BCUT2D eigenvalue weighted by atomic mass is 19.4. The van der Waals surface area contributed by atoms with Gasteiger partial charge in [0.05, 0.1) is 23.6 Å². The third-order valence-electron chi connectivity index (χ3n) is 12.6. The molecule has 0 amide bonds. The SMILES string of the molecule is C=C(/C(C)=C/C(C#N)=C/C=C1\N(CCC(=O)O)c2ccc(C(F)(F)F)cc2C1(C)C)C(CC1=CCCCC1)(Cc1cccnc1)c1c(C)c2ccccc2c2ccccc12. The summed E-state index contributed by atoms with van der Waals surface area (Å²) in [6, 6.07) is 27.1. The van der Waals surface area contributed by atoms with E-state index in [-0.39, 0.29) is 13.0 Å². The number of nitriles is 1. The minimum atomic E-state index is -4.54. The zero-order valence-corrected chi connectivity index (χ0v) is 34.7. The Morgan fingerprint density at radius 1 is 0.983 bits per heavy atom. The van der Waals surface area contributed by atoms with Crippen LogP contribution in [-0.4, -0.2) is 22.6 Å². The van der Waals surface area contributed by atoms with Crippen molar-refractivity contribution in [2.24, 2.45) is 0 Å². The molecule has 1 aromatic heterocycles. The van der Waals surface area contributed by atoms with Crippen LogP contribution >= 0.6 is 0 Å². The molecule has 2 heterocycles. The van der Waals surface area contributed by atoms with Crippen LogP contribution in [0.15, 0.2) is 150 Å². The smallest absolute Gasteiger partial charge is 0.416 e. The number of carboxylic acid groups (broad SMARTS) is 1. The van der Waals surface area contributed by atoms with Gasteiger partial charge in [-0.15, -0.1) is 0 Å². The predicted molar refractivity (Wildman–Crippen MR) is 236 cm³/mol. The number of benzene rings is 4. The lowest BCUT2D eigenvalue weighted by atomic mass is 9.62. The van der Waals surface area contributed by atoms with Gasteiger partial charge in [-0.2, -0.15) is 18.4 Å². The Labute approximate surface area is 350 Å². The van der Waals surface area contributed by atoms with E-state index in [4.69, 9.17) is 6.58 Å². The Balaban J connectivity index is 1.40. The number of carbonyl (C=O) groups is 1. The summed E-state index contributed by atoms with van der Waals surface area (Å²) in [5.41, 5.74) is 6.08. The number of nitrogens with zero attached hydrogens (tertiary/aromatic N) is 3. The van der Waals surface area contributed by atoms with Crippen molar-refractivity contribution in [3.8, 4) is 6.07 Å². The summed E-state index contributed by atoms with van der Waals surface area (Å²) in [6.45, 7) is 12.8. The molecular formula is C52H50F3N3O2. The Kier molecular flexibility index (Phi) is 11.8. The lowest BCUT2D eigenvalue weighted by molar-refractivity contribution is -0.138. The fourth-order valence-corrected chi connectivity index (χ4v) is 9.63. The number of alkyl halides is 3. The third-order valence-corrected chi connectivity index (χ3v) is 12.6. The largest absolute Gasteiger partial charge is 0.481 e. The van der Waals surface area contributed by atoms with Crippen LogP contribution < -0.4 is 4.90 Å². The van der Waals surface area contributed by atoms with Crippen LogP contribution in [0.1, 0.15) is 87.1 Å². The van der Waals surface area contributed by atoms with E-state index in [2.05, 4.69) is 78.7 Å². The van der Waals surface area contributed by atoms with Gasteiger partial charge in [0, 0.05) is 41.2 Å². The lowest BCUT2D eigenvalue weighted by Gasteiger charge is -2.41. The van der Waals surface area contributed by atoms with Gasteiger partial charge in [-0.1, -0.05) is 86.7 Å². The van der Waals surface area contributed by atoms with Crippen molar-refractivity contribution in [3.63, 3.8) is 0 Å². The Bertz CT molecular complexity index is 2660. The topological polar surface area (TPSA) is 77.2 Å². The number of anilines is 1. The van der Waals surface area contributed by atoms with Crippen LogP contribution in [0.25, 0.3) is 21.5 Å². The summed E-state index contributed by atoms with van der Waals surface area (Å²) in [6.07, 6.45) is 12.3. The summed E-state index contributed by atoms with van der Waals surface area (Å²) in [5.74, 6) is -1.02. The molecule has 1 unspecified atom stereocenters. The van der Waals surface area contributed by atoms with Gasteiger partial charge in [0.25, 0.3) is 0 Å². The van der Waals surface area contributed by atoms with Crippen LogP contribution in [0.4, 0.5) is 18.9 Å². The highest BCUT2D eigenvalue weighted by Gasteiger charge is 2.43. The number of aromatic nitrogens is 1. The van der Waals surface area contributed by atoms with E-state index in [1.165, 1.54) is 33.5 Å². The molecule has 60 heavy (non-hydrogen) atoms. The maximum atomic E-state index is 13.9. The number of fused-ring (bicyclic) bond motifs is 4. The van der Waals surface area contributed by atoms with E-state index in [1.54, 1.807) is 23.2 Å². The monoisotopic (exact) mass is 805 g/mol. The van der Waals surface area contributed by atoms with E-state index < -0.39 is 28.5 Å². The minimum Gasteiger partial charge on any atom is -0.481 e. The molecule has 7 rings (SSSR count). The first-order valence-electron chi connectivity index (χ1n) is 20.5. The summed E-state index contributed by atoms with van der Waals surface area (Å²) in [5, 5.41) is 24.9. The average Bonchev–Trinajstić information content (AvgIpc) is 3.45. The number of carboxylic acids is 1. The molecule has 1 aliphatic heterocycles. The minimum absolute atomic E-state index is 0.0517. The second-order valence-corrected chi connectivity index (χ2v) is 16.7. The second-order valence-electron chi connectivity index (χ2n) is 16.7. The van der Waals surface area contributed by atoms with Crippen molar-refractivity contribution in [1.82, 2.24) is 4.98 Å². The normalized spacial score (nSPS) is 17.3. The molecule has 5 aromatic rings. The van der Waals surface area contributed by atoms with Crippen molar-refractivity contribution in [2.75, 3.05) is 11.4 Å². The Hall–Kier alpha value is -6.20. The molecule has 0 saturated heterocycles. The fraction of sp³-hybridized carbons (Fsp3) is 0.288. The van der Waals surface area contributed by atoms with E-state index in [0.717, 1.165) is 71.7 Å².